The van der Waals surface area contributed by atoms with Crippen molar-refractivity contribution in [1.82, 2.24) is 0 Å². The van der Waals surface area contributed by atoms with Crippen LogP contribution in [0.15, 0.2) is 66.7 Å². The Labute approximate surface area is 181 Å². The number of hydrogen-bond acceptors (Lipinski definition) is 3. The minimum Gasteiger partial charge on any atom is -0.492 e. The predicted octanol–water partition coefficient (Wildman–Crippen LogP) is 4.79. The standard InChI is InChI=1S/C27H23NO3/c1-3-31-21-11-7-6-10-20(21)28-26(29)24-22-16-8-4-5-9-17(16)23(25(24)27(28)30)19-14-15(2)12-13-18(19)22/h4-14,22-25H,3H2,1-2H3/t22-,23-,24+,25+/m1/s1. The summed E-state index contributed by atoms with van der Waals surface area (Å²) in [5.41, 5.74) is 6.50. The summed E-state index contributed by atoms with van der Waals surface area (Å²) >= 11 is 0. The molecule has 4 heteroatoms. The lowest BCUT2D eigenvalue weighted by Crippen LogP contribution is -2.41. The van der Waals surface area contributed by atoms with Gasteiger partial charge in [-0.25, -0.2) is 4.90 Å². The van der Waals surface area contributed by atoms with Crippen LogP contribution in [-0.4, -0.2) is 18.4 Å². The van der Waals surface area contributed by atoms with Crippen molar-refractivity contribution in [3.05, 3.63) is 94.5 Å². The number of amides is 2. The zero-order chi connectivity index (χ0) is 21.3. The number of para-hydroxylation sites is 2. The van der Waals surface area contributed by atoms with Crippen molar-refractivity contribution in [3.8, 4) is 5.75 Å². The van der Waals surface area contributed by atoms with Gasteiger partial charge in [0.15, 0.2) is 0 Å². The first-order valence-electron chi connectivity index (χ1n) is 10.9. The minimum atomic E-state index is -0.378. The Bertz CT molecular complexity index is 1250. The molecule has 4 atom stereocenters. The van der Waals surface area contributed by atoms with Gasteiger partial charge in [-0.05, 0) is 48.2 Å². The number of aryl methyl sites for hydroxylation is 1. The summed E-state index contributed by atoms with van der Waals surface area (Å²) in [6.07, 6.45) is 0. The van der Waals surface area contributed by atoms with Crippen LogP contribution >= 0.6 is 0 Å². The second kappa shape index (κ2) is 6.55. The smallest absolute Gasteiger partial charge is 0.238 e. The third-order valence-corrected chi connectivity index (χ3v) is 7.10. The molecule has 1 fully saturated rings. The highest BCUT2D eigenvalue weighted by molar-refractivity contribution is 6.24. The molecule has 0 N–H and O–H groups in total. The molecule has 0 saturated carbocycles. The summed E-state index contributed by atoms with van der Waals surface area (Å²) in [5, 5.41) is 0. The van der Waals surface area contributed by atoms with E-state index in [9.17, 15) is 9.59 Å². The number of ether oxygens (including phenoxy) is 1. The van der Waals surface area contributed by atoms with E-state index >= 15 is 0 Å². The summed E-state index contributed by atoms with van der Waals surface area (Å²) in [6.45, 7) is 4.46. The SMILES string of the molecule is CCOc1ccccc1N1C(=O)[C@H]2[C@@H]3c4ccccc4[C@H](c4cc(C)ccc43)[C@@H]2C1=O. The topological polar surface area (TPSA) is 46.6 Å². The van der Waals surface area contributed by atoms with Gasteiger partial charge < -0.3 is 4.74 Å². The lowest BCUT2D eigenvalue weighted by atomic mass is 9.55. The van der Waals surface area contributed by atoms with Crippen LogP contribution in [0.1, 0.15) is 46.6 Å². The fourth-order valence-electron chi connectivity index (χ4n) is 6.00. The monoisotopic (exact) mass is 409 g/mol. The molecule has 0 aromatic heterocycles. The summed E-state index contributed by atoms with van der Waals surface area (Å²) in [4.78, 5) is 29.1. The number of anilines is 1. The highest BCUT2D eigenvalue weighted by atomic mass is 16.5. The van der Waals surface area contributed by atoms with Gasteiger partial charge in [-0.3, -0.25) is 9.59 Å². The van der Waals surface area contributed by atoms with Gasteiger partial charge in [-0.15, -0.1) is 0 Å². The number of imide groups is 1. The van der Waals surface area contributed by atoms with Crippen molar-refractivity contribution in [2.75, 3.05) is 11.5 Å². The molecule has 0 unspecified atom stereocenters. The first-order valence-corrected chi connectivity index (χ1v) is 10.9. The Morgan fingerprint density at radius 2 is 1.35 bits per heavy atom. The van der Waals surface area contributed by atoms with Crippen molar-refractivity contribution < 1.29 is 14.3 Å². The Morgan fingerprint density at radius 1 is 0.774 bits per heavy atom. The molecule has 1 saturated heterocycles. The molecule has 4 nitrogen and oxygen atoms in total. The van der Waals surface area contributed by atoms with Crippen LogP contribution in [0, 0.1) is 18.8 Å². The number of carbonyl (C=O) groups excluding carboxylic acids is 2. The highest BCUT2D eigenvalue weighted by Crippen LogP contribution is 2.61. The van der Waals surface area contributed by atoms with E-state index in [0.717, 1.165) is 0 Å². The molecule has 1 heterocycles. The molecule has 31 heavy (non-hydrogen) atoms. The summed E-state index contributed by atoms with van der Waals surface area (Å²) in [6, 6.07) is 22.1. The van der Waals surface area contributed by atoms with Crippen LogP contribution in [0.4, 0.5) is 5.69 Å². The predicted molar refractivity (Wildman–Crippen MR) is 118 cm³/mol. The maximum absolute atomic E-state index is 13.9. The molecule has 0 spiro atoms. The Hall–Kier alpha value is -3.40. The second-order valence-corrected chi connectivity index (χ2v) is 8.68. The Kier molecular flexibility index (Phi) is 3.88. The van der Waals surface area contributed by atoms with Gasteiger partial charge >= 0.3 is 0 Å². The van der Waals surface area contributed by atoms with Gasteiger partial charge in [0, 0.05) is 11.8 Å². The lowest BCUT2D eigenvalue weighted by molar-refractivity contribution is -0.122. The van der Waals surface area contributed by atoms with Crippen molar-refractivity contribution in [1.29, 1.82) is 0 Å². The third kappa shape index (κ3) is 2.36. The molecule has 3 aromatic carbocycles. The number of carbonyl (C=O) groups is 2. The van der Waals surface area contributed by atoms with Crippen LogP contribution in [0.25, 0.3) is 0 Å². The Morgan fingerprint density at radius 3 is 2.03 bits per heavy atom. The van der Waals surface area contributed by atoms with Crippen LogP contribution in [0.5, 0.6) is 5.75 Å². The summed E-state index contributed by atoms with van der Waals surface area (Å²) in [5.74, 6) is -0.599. The number of rotatable bonds is 3. The lowest BCUT2D eigenvalue weighted by Gasteiger charge is -2.46. The molecule has 7 rings (SSSR count). The second-order valence-electron chi connectivity index (χ2n) is 8.68. The summed E-state index contributed by atoms with van der Waals surface area (Å²) in [7, 11) is 0. The Balaban J connectivity index is 1.55. The van der Waals surface area contributed by atoms with Gasteiger partial charge in [0.05, 0.1) is 24.1 Å². The van der Waals surface area contributed by atoms with E-state index in [1.807, 2.05) is 43.3 Å². The maximum Gasteiger partial charge on any atom is 0.238 e. The quantitative estimate of drug-likeness (QED) is 0.585. The number of benzene rings is 3. The fraction of sp³-hybridized carbons (Fsp3) is 0.259. The largest absolute Gasteiger partial charge is 0.492 e. The molecule has 2 amide bonds. The van der Waals surface area contributed by atoms with Crippen LogP contribution < -0.4 is 9.64 Å². The van der Waals surface area contributed by atoms with Gasteiger partial charge in [-0.1, -0.05) is 60.2 Å². The molecule has 4 aliphatic rings. The maximum atomic E-state index is 13.9. The first kappa shape index (κ1) is 18.4. The molecular formula is C27H23NO3. The van der Waals surface area contributed by atoms with Crippen molar-refractivity contribution in [2.24, 2.45) is 11.8 Å². The van der Waals surface area contributed by atoms with E-state index in [1.54, 1.807) is 0 Å². The van der Waals surface area contributed by atoms with E-state index in [4.69, 9.17) is 4.74 Å². The minimum absolute atomic E-state index is 0.0949. The normalized spacial score (nSPS) is 25.3. The van der Waals surface area contributed by atoms with Crippen molar-refractivity contribution in [3.63, 3.8) is 0 Å². The fourth-order valence-corrected chi connectivity index (χ4v) is 6.00. The van der Waals surface area contributed by atoms with E-state index in [1.165, 1.54) is 32.7 Å². The van der Waals surface area contributed by atoms with Crippen LogP contribution in [-0.2, 0) is 9.59 Å². The average molecular weight is 409 g/mol. The molecule has 154 valence electrons. The van der Waals surface area contributed by atoms with Crippen molar-refractivity contribution in [2.45, 2.75) is 25.7 Å². The zero-order valence-corrected chi connectivity index (χ0v) is 17.5. The van der Waals surface area contributed by atoms with Crippen LogP contribution in [0.3, 0.4) is 0 Å². The molecule has 2 bridgehead atoms. The van der Waals surface area contributed by atoms with E-state index in [2.05, 4.69) is 37.3 Å². The van der Waals surface area contributed by atoms with Gasteiger partial charge in [0.25, 0.3) is 0 Å². The zero-order valence-electron chi connectivity index (χ0n) is 17.5. The van der Waals surface area contributed by atoms with Gasteiger partial charge in [0.2, 0.25) is 11.8 Å². The highest BCUT2D eigenvalue weighted by Gasteiger charge is 2.62. The number of hydrogen-bond donors (Lipinski definition) is 0. The van der Waals surface area contributed by atoms with Gasteiger partial charge in [-0.2, -0.15) is 0 Å². The molecule has 1 aliphatic heterocycles. The van der Waals surface area contributed by atoms with E-state index < -0.39 is 0 Å². The average Bonchev–Trinajstić information content (AvgIpc) is 3.05. The first-order chi connectivity index (χ1) is 15.1. The van der Waals surface area contributed by atoms with E-state index in [0.29, 0.717) is 18.0 Å². The van der Waals surface area contributed by atoms with Gasteiger partial charge in [0.1, 0.15) is 5.75 Å². The number of nitrogens with zero attached hydrogens (tertiary/aromatic N) is 1. The third-order valence-electron chi connectivity index (χ3n) is 7.10. The van der Waals surface area contributed by atoms with Crippen molar-refractivity contribution >= 4 is 17.5 Å². The van der Waals surface area contributed by atoms with E-state index in [-0.39, 0.29) is 35.5 Å². The molecule has 3 aliphatic carbocycles. The summed E-state index contributed by atoms with van der Waals surface area (Å²) < 4.78 is 5.76. The molecule has 3 aromatic rings. The molecule has 0 radical (unpaired) electrons. The van der Waals surface area contributed by atoms with Crippen LogP contribution in [0.2, 0.25) is 0 Å². The molecular weight excluding hydrogens is 386 g/mol.